The van der Waals surface area contributed by atoms with E-state index < -0.39 is 13.1 Å². The van der Waals surface area contributed by atoms with Crippen LogP contribution in [0.15, 0.2) is 30.3 Å². The van der Waals surface area contributed by atoms with Crippen LogP contribution in [0.25, 0.3) is 0 Å². The highest BCUT2D eigenvalue weighted by Gasteiger charge is 2.36. The third-order valence-electron chi connectivity index (χ3n) is 3.60. The molecular weight excluding hydrogens is 283 g/mol. The lowest BCUT2D eigenvalue weighted by molar-refractivity contribution is -0.118. The number of carbonyl (C=O) groups excluding carboxylic acids is 2. The van der Waals surface area contributed by atoms with Crippen molar-refractivity contribution in [3.63, 3.8) is 0 Å². The molecule has 7 heteroatoms. The van der Waals surface area contributed by atoms with Gasteiger partial charge in [-0.05, 0) is 25.3 Å². The number of ketones is 1. The van der Waals surface area contributed by atoms with Gasteiger partial charge in [-0.3, -0.25) is 4.79 Å². The van der Waals surface area contributed by atoms with Crippen LogP contribution in [0.2, 0.25) is 0 Å². The second-order valence-corrected chi connectivity index (χ2v) is 5.55. The Balaban J connectivity index is 1.74. The summed E-state index contributed by atoms with van der Waals surface area (Å²) in [5.74, 6) is -0.428. The lowest BCUT2D eigenvalue weighted by atomic mass is 9.72. The zero-order chi connectivity index (χ0) is 15.9. The summed E-state index contributed by atoms with van der Waals surface area (Å²) < 4.78 is 5.37. The molecule has 0 unspecified atom stereocenters. The predicted octanol–water partition coefficient (Wildman–Crippen LogP) is 1.03. The maximum Gasteiger partial charge on any atom is 0.478 e. The molecule has 1 heterocycles. The van der Waals surface area contributed by atoms with E-state index in [0.717, 1.165) is 5.56 Å². The highest BCUT2D eigenvalue weighted by molar-refractivity contribution is 6.45. The summed E-state index contributed by atoms with van der Waals surface area (Å²) in [6.45, 7) is 1.92. The topological polar surface area (TPSA) is 87.7 Å². The fraction of sp³-hybridized carbons (Fsp3) is 0.467. The molecule has 0 aromatic heterocycles. The van der Waals surface area contributed by atoms with Crippen LogP contribution in [-0.4, -0.2) is 36.0 Å². The fourth-order valence-electron chi connectivity index (χ4n) is 2.48. The summed E-state index contributed by atoms with van der Waals surface area (Å²) in [5.41, 5.74) is 1.000. The Hall–Kier alpha value is -1.86. The zero-order valence-corrected chi connectivity index (χ0v) is 12.6. The smallest absolute Gasteiger partial charge is 0.426 e. The van der Waals surface area contributed by atoms with Gasteiger partial charge < -0.3 is 20.3 Å². The quantitative estimate of drug-likeness (QED) is 0.709. The number of Topliss-reactive ketones (excluding diaryl/α,β-unsaturated/α-hetero) is 1. The number of hydrogen-bond donors (Lipinski definition) is 3. The molecule has 118 valence electrons. The number of carbonyl (C=O) groups is 2. The van der Waals surface area contributed by atoms with Crippen molar-refractivity contribution in [2.45, 2.75) is 44.8 Å². The molecule has 22 heavy (non-hydrogen) atoms. The fourth-order valence-corrected chi connectivity index (χ4v) is 2.48. The van der Waals surface area contributed by atoms with Gasteiger partial charge in [-0.1, -0.05) is 30.3 Å². The summed E-state index contributed by atoms with van der Waals surface area (Å²) in [5, 5.41) is 15.4. The van der Waals surface area contributed by atoms with Gasteiger partial charge in [0.05, 0.1) is 5.94 Å². The minimum Gasteiger partial charge on any atom is -0.426 e. The molecule has 2 atom stereocenters. The third kappa shape index (κ3) is 5.16. The van der Waals surface area contributed by atoms with E-state index in [1.54, 1.807) is 0 Å². The number of amides is 2. The SMILES string of the molecule is CC(=O)C[C@@H]1CC[C@H](NC(=O)NCc2ccccc2)B(O)O1. The molecule has 1 fully saturated rings. The van der Waals surface area contributed by atoms with E-state index >= 15 is 0 Å². The molecule has 0 aliphatic carbocycles. The molecule has 3 N–H and O–H groups in total. The van der Waals surface area contributed by atoms with Crippen LogP contribution in [0, 0.1) is 0 Å². The van der Waals surface area contributed by atoms with Gasteiger partial charge in [0.15, 0.2) is 0 Å². The first kappa shape index (κ1) is 16.5. The van der Waals surface area contributed by atoms with E-state index in [2.05, 4.69) is 10.6 Å². The predicted molar refractivity (Wildman–Crippen MR) is 83.0 cm³/mol. The Kier molecular flexibility index (Phi) is 5.97. The van der Waals surface area contributed by atoms with Crippen LogP contribution in [0.3, 0.4) is 0 Å². The first-order valence-corrected chi connectivity index (χ1v) is 7.46. The van der Waals surface area contributed by atoms with Crippen LogP contribution < -0.4 is 10.6 Å². The maximum atomic E-state index is 11.8. The second kappa shape index (κ2) is 7.96. The van der Waals surface area contributed by atoms with Crippen LogP contribution in [0.1, 0.15) is 31.7 Å². The summed E-state index contributed by atoms with van der Waals surface area (Å²) in [6.07, 6.45) is 1.25. The summed E-state index contributed by atoms with van der Waals surface area (Å²) in [6, 6.07) is 9.22. The molecule has 0 radical (unpaired) electrons. The number of rotatable bonds is 5. The minimum atomic E-state index is -1.08. The van der Waals surface area contributed by atoms with Crippen molar-refractivity contribution in [2.75, 3.05) is 0 Å². The molecule has 2 amide bonds. The van der Waals surface area contributed by atoms with Crippen molar-refractivity contribution < 1.29 is 19.3 Å². The van der Waals surface area contributed by atoms with Crippen molar-refractivity contribution in [1.29, 1.82) is 0 Å². The van der Waals surface area contributed by atoms with Crippen molar-refractivity contribution in [3.05, 3.63) is 35.9 Å². The van der Waals surface area contributed by atoms with E-state index in [0.29, 0.717) is 25.8 Å². The third-order valence-corrected chi connectivity index (χ3v) is 3.60. The van der Waals surface area contributed by atoms with Gasteiger partial charge in [0.2, 0.25) is 0 Å². The number of urea groups is 1. The van der Waals surface area contributed by atoms with Crippen molar-refractivity contribution in [2.24, 2.45) is 0 Å². The molecule has 1 aromatic carbocycles. The van der Waals surface area contributed by atoms with Gasteiger partial charge >= 0.3 is 13.1 Å². The van der Waals surface area contributed by atoms with Crippen molar-refractivity contribution >= 4 is 18.9 Å². The maximum absolute atomic E-state index is 11.8. The Morgan fingerprint density at radius 2 is 2.05 bits per heavy atom. The lowest BCUT2D eigenvalue weighted by Crippen LogP contribution is -2.54. The van der Waals surface area contributed by atoms with E-state index in [1.165, 1.54) is 6.92 Å². The van der Waals surface area contributed by atoms with Gasteiger partial charge in [0, 0.05) is 19.1 Å². The minimum absolute atomic E-state index is 0.0317. The molecule has 6 nitrogen and oxygen atoms in total. The van der Waals surface area contributed by atoms with Crippen molar-refractivity contribution in [1.82, 2.24) is 10.6 Å². The molecule has 2 rings (SSSR count). The standard InChI is InChI=1S/C15H21BN2O4/c1-11(19)9-13-7-8-14(16(21)22-13)18-15(20)17-10-12-5-3-2-4-6-12/h2-6,13-14,21H,7-10H2,1H3,(H2,17,18,20)/t13-,14-/m0/s1. The number of nitrogens with one attached hydrogen (secondary N) is 2. The molecule has 1 aliphatic heterocycles. The highest BCUT2D eigenvalue weighted by Crippen LogP contribution is 2.18. The highest BCUT2D eigenvalue weighted by atomic mass is 16.5. The number of hydrogen-bond acceptors (Lipinski definition) is 4. The van der Waals surface area contributed by atoms with Crippen LogP contribution in [-0.2, 0) is 16.0 Å². The van der Waals surface area contributed by atoms with E-state index in [-0.39, 0.29) is 17.9 Å². The molecule has 1 saturated heterocycles. The van der Waals surface area contributed by atoms with Gasteiger partial charge in [-0.2, -0.15) is 0 Å². The average molecular weight is 304 g/mol. The molecule has 0 saturated carbocycles. The van der Waals surface area contributed by atoms with Gasteiger partial charge in [-0.15, -0.1) is 0 Å². The van der Waals surface area contributed by atoms with Crippen LogP contribution >= 0.6 is 0 Å². The Labute approximate surface area is 130 Å². The number of benzene rings is 1. The van der Waals surface area contributed by atoms with E-state index in [1.807, 2.05) is 30.3 Å². The Morgan fingerprint density at radius 1 is 1.32 bits per heavy atom. The lowest BCUT2D eigenvalue weighted by Gasteiger charge is -2.31. The van der Waals surface area contributed by atoms with Gasteiger partial charge in [0.1, 0.15) is 5.78 Å². The van der Waals surface area contributed by atoms with Crippen LogP contribution in [0.4, 0.5) is 4.79 Å². The average Bonchev–Trinajstić information content (AvgIpc) is 2.48. The summed E-state index contributed by atoms with van der Waals surface area (Å²) >= 11 is 0. The van der Waals surface area contributed by atoms with Crippen molar-refractivity contribution in [3.8, 4) is 0 Å². The second-order valence-electron chi connectivity index (χ2n) is 5.55. The monoisotopic (exact) mass is 304 g/mol. The normalized spacial score (nSPS) is 21.3. The largest absolute Gasteiger partial charge is 0.478 e. The molecule has 1 aromatic rings. The molecule has 0 bridgehead atoms. The molecule has 1 aliphatic rings. The Bertz CT molecular complexity index is 512. The Morgan fingerprint density at radius 3 is 2.68 bits per heavy atom. The van der Waals surface area contributed by atoms with E-state index in [9.17, 15) is 14.6 Å². The summed E-state index contributed by atoms with van der Waals surface area (Å²) in [7, 11) is -1.08. The molecular formula is C15H21BN2O4. The first-order valence-electron chi connectivity index (χ1n) is 7.46. The molecule has 0 spiro atoms. The van der Waals surface area contributed by atoms with Crippen LogP contribution in [0.5, 0.6) is 0 Å². The first-order chi connectivity index (χ1) is 10.5. The van der Waals surface area contributed by atoms with E-state index in [4.69, 9.17) is 4.65 Å². The zero-order valence-electron chi connectivity index (χ0n) is 12.6. The van der Waals surface area contributed by atoms with Gasteiger partial charge in [-0.25, -0.2) is 4.79 Å². The van der Waals surface area contributed by atoms with Gasteiger partial charge in [0.25, 0.3) is 0 Å². The summed E-state index contributed by atoms with van der Waals surface area (Å²) in [4.78, 5) is 22.9.